The number of benzene rings is 2. The van der Waals surface area contributed by atoms with E-state index in [1.165, 1.54) is 23.3 Å². The van der Waals surface area contributed by atoms with Crippen LogP contribution >= 0.6 is 11.8 Å². The van der Waals surface area contributed by atoms with Crippen molar-refractivity contribution in [1.82, 2.24) is 19.3 Å². The number of anilines is 1. The Hall–Kier alpha value is -3.18. The van der Waals surface area contributed by atoms with Gasteiger partial charge in [0.05, 0.1) is 40.1 Å². The number of fused-ring (bicyclic) bond motifs is 4. The highest BCUT2D eigenvalue weighted by molar-refractivity contribution is 8.00. The molecule has 3 heterocycles. The Morgan fingerprint density at radius 3 is 2.71 bits per heavy atom. The molecular weight excluding hydrogens is 489 g/mol. The summed E-state index contributed by atoms with van der Waals surface area (Å²) in [5, 5.41) is 0. The second-order valence-corrected chi connectivity index (χ2v) is 12.9. The summed E-state index contributed by atoms with van der Waals surface area (Å²) in [4.78, 5) is 23.6. The highest BCUT2D eigenvalue weighted by atomic mass is 32.2. The van der Waals surface area contributed by atoms with Gasteiger partial charge in [-0.05, 0) is 43.2 Å². The molecule has 11 heteroatoms. The number of halogens is 1. The molecule has 182 valence electrons. The third-order valence-electron chi connectivity index (χ3n) is 6.55. The first kappa shape index (κ1) is 23.6. The fourth-order valence-corrected chi connectivity index (χ4v) is 6.50. The number of carbonyl (C=O) groups excluding carboxylic acids is 1. The zero-order valence-electron chi connectivity index (χ0n) is 19.6. The largest absolute Gasteiger partial charge is 0.382 e. The van der Waals surface area contributed by atoms with Crippen molar-refractivity contribution in [2.75, 3.05) is 24.8 Å². The van der Waals surface area contributed by atoms with E-state index in [2.05, 4.69) is 9.97 Å². The lowest BCUT2D eigenvalue weighted by Gasteiger charge is -2.40. The molecule has 1 aliphatic heterocycles. The first-order chi connectivity index (χ1) is 16.4. The van der Waals surface area contributed by atoms with Crippen molar-refractivity contribution in [3.8, 4) is 0 Å². The van der Waals surface area contributed by atoms with Crippen LogP contribution in [0.2, 0.25) is 0 Å². The van der Waals surface area contributed by atoms with E-state index in [-0.39, 0.29) is 27.1 Å². The molecule has 0 fully saturated rings. The minimum absolute atomic E-state index is 0.0919. The molecule has 8 nitrogen and oxygen atoms in total. The summed E-state index contributed by atoms with van der Waals surface area (Å²) in [6.45, 7) is 4.05. The van der Waals surface area contributed by atoms with Gasteiger partial charge in [-0.25, -0.2) is 22.8 Å². The number of hydrogen-bond donors (Lipinski definition) is 1. The maximum atomic E-state index is 15.1. The fourth-order valence-electron chi connectivity index (χ4n) is 4.55. The van der Waals surface area contributed by atoms with Crippen LogP contribution in [-0.4, -0.2) is 52.6 Å². The zero-order valence-corrected chi connectivity index (χ0v) is 21.2. The Morgan fingerprint density at radius 2 is 2.00 bits per heavy atom. The van der Waals surface area contributed by atoms with Crippen LogP contribution in [0.15, 0.2) is 47.8 Å². The van der Waals surface area contributed by atoms with Crippen LogP contribution in [0.5, 0.6) is 0 Å². The topological polar surface area (TPSA) is 111 Å². The van der Waals surface area contributed by atoms with Crippen LogP contribution in [0, 0.1) is 5.82 Å². The lowest BCUT2D eigenvalue weighted by Crippen LogP contribution is -2.38. The van der Waals surface area contributed by atoms with E-state index in [9.17, 15) is 13.2 Å². The number of aromatic nitrogens is 3. The number of rotatable bonds is 3. The van der Waals surface area contributed by atoms with Crippen LogP contribution in [-0.2, 0) is 14.6 Å². The highest BCUT2D eigenvalue weighted by Crippen LogP contribution is 2.48. The first-order valence-electron chi connectivity index (χ1n) is 10.8. The normalized spacial score (nSPS) is 17.5. The average molecular weight is 514 g/mol. The number of nitrogens with two attached hydrogens (primary N) is 1. The van der Waals surface area contributed by atoms with E-state index in [0.717, 1.165) is 11.1 Å². The van der Waals surface area contributed by atoms with Gasteiger partial charge in [0.25, 0.3) is 5.91 Å². The molecule has 2 N–H and O–H groups in total. The summed E-state index contributed by atoms with van der Waals surface area (Å²) in [5.74, 6) is -0.382. The van der Waals surface area contributed by atoms with Gasteiger partial charge in [0.2, 0.25) is 0 Å². The Labute approximate surface area is 206 Å². The van der Waals surface area contributed by atoms with Crippen molar-refractivity contribution in [2.24, 2.45) is 0 Å². The second-order valence-electron chi connectivity index (χ2n) is 9.24. The van der Waals surface area contributed by atoms with Crippen LogP contribution in [0.4, 0.5) is 10.2 Å². The molecule has 0 aliphatic carbocycles. The van der Waals surface area contributed by atoms with Crippen LogP contribution in [0.25, 0.3) is 16.6 Å². The number of amides is 1. The van der Waals surface area contributed by atoms with Gasteiger partial charge in [0, 0.05) is 29.9 Å². The molecule has 0 unspecified atom stereocenters. The summed E-state index contributed by atoms with van der Waals surface area (Å²) in [6, 6.07) is 7.32. The molecule has 1 atom stereocenters. The molecule has 1 amide bonds. The lowest BCUT2D eigenvalue weighted by molar-refractivity contribution is 0.0738. The molecule has 5 rings (SSSR count). The summed E-state index contributed by atoms with van der Waals surface area (Å²) in [7, 11) is -1.75. The number of nitrogen functional groups attached to an aromatic ring is 1. The molecular formula is C24H24FN5O3S2. The molecule has 2 aromatic carbocycles. The predicted octanol–water partition coefficient (Wildman–Crippen LogP) is 3.80. The Kier molecular flexibility index (Phi) is 5.33. The number of imidazole rings is 1. The van der Waals surface area contributed by atoms with Gasteiger partial charge in [0.1, 0.15) is 17.2 Å². The smallest absolute Gasteiger partial charge is 0.257 e. The Balaban J connectivity index is 1.59. The third-order valence-corrected chi connectivity index (χ3v) is 9.08. The summed E-state index contributed by atoms with van der Waals surface area (Å²) in [5.41, 5.74) is 8.96. The molecule has 0 spiro atoms. The van der Waals surface area contributed by atoms with E-state index in [0.29, 0.717) is 22.3 Å². The number of nitrogens with zero attached hydrogens (tertiary/aromatic N) is 4. The average Bonchev–Trinajstić information content (AvgIpc) is 3.28. The van der Waals surface area contributed by atoms with Gasteiger partial charge in [0.15, 0.2) is 9.84 Å². The number of carbonyl (C=O) groups is 1. The lowest BCUT2D eigenvalue weighted by atomic mass is 9.91. The minimum Gasteiger partial charge on any atom is -0.382 e. The molecule has 0 saturated heterocycles. The van der Waals surface area contributed by atoms with E-state index in [4.69, 9.17) is 5.73 Å². The van der Waals surface area contributed by atoms with Crippen molar-refractivity contribution in [3.05, 3.63) is 65.4 Å². The number of thioether (sulfide) groups is 1. The monoisotopic (exact) mass is 513 g/mol. The Bertz CT molecular complexity index is 1630. The van der Waals surface area contributed by atoms with Gasteiger partial charge in [-0.2, -0.15) is 0 Å². The summed E-state index contributed by atoms with van der Waals surface area (Å²) < 4.78 is 40.8. The molecule has 0 radical (unpaired) electrons. The van der Waals surface area contributed by atoms with Crippen LogP contribution in [0.1, 0.15) is 41.4 Å². The summed E-state index contributed by atoms with van der Waals surface area (Å²) >= 11 is 1.62. The number of sulfone groups is 1. The van der Waals surface area contributed by atoms with Gasteiger partial charge in [-0.15, -0.1) is 11.8 Å². The fraction of sp³-hybridized carbons (Fsp3) is 0.292. The Morgan fingerprint density at radius 1 is 1.26 bits per heavy atom. The van der Waals surface area contributed by atoms with Crippen molar-refractivity contribution in [2.45, 2.75) is 29.5 Å². The van der Waals surface area contributed by atoms with Crippen molar-refractivity contribution in [3.63, 3.8) is 0 Å². The molecule has 0 bridgehead atoms. The van der Waals surface area contributed by atoms with Crippen molar-refractivity contribution < 1.29 is 17.6 Å². The SMILES string of the molecule is CN(C(=O)c1cc2c(cc1F)nc(N)c1cncn12)[C@@H]1CSC(C)(C)c2cc(S(C)(=O)=O)ccc21. The van der Waals surface area contributed by atoms with E-state index >= 15 is 4.39 Å². The zero-order chi connectivity index (χ0) is 25.3. The number of hydrogen-bond acceptors (Lipinski definition) is 7. The van der Waals surface area contributed by atoms with Crippen molar-refractivity contribution >= 4 is 49.9 Å². The minimum atomic E-state index is -3.39. The van der Waals surface area contributed by atoms with Gasteiger partial charge in [-0.3, -0.25) is 9.20 Å². The maximum Gasteiger partial charge on any atom is 0.257 e. The molecule has 0 saturated carbocycles. The molecule has 2 aromatic heterocycles. The van der Waals surface area contributed by atoms with E-state index in [1.54, 1.807) is 53.9 Å². The van der Waals surface area contributed by atoms with Gasteiger partial charge >= 0.3 is 0 Å². The predicted molar refractivity (Wildman–Crippen MR) is 135 cm³/mol. The first-order valence-corrected chi connectivity index (χ1v) is 13.7. The van der Waals surface area contributed by atoms with Crippen LogP contribution < -0.4 is 5.73 Å². The van der Waals surface area contributed by atoms with Gasteiger partial charge in [-0.1, -0.05) is 6.07 Å². The summed E-state index contributed by atoms with van der Waals surface area (Å²) in [6.07, 6.45) is 4.27. The molecule has 4 aromatic rings. The molecule has 1 aliphatic rings. The standard InChI is InChI=1S/C24H24FN5O3S2/c1-24(2)16-7-13(35(4,32)33)5-6-14(16)21(11-34-24)29(3)23(31)15-8-19-18(9-17(15)25)28-22(26)20-10-27-12-30(19)20/h5-10,12,21H,11H2,1-4H3,(H2,26,28)/t21-/m1/s1. The van der Waals surface area contributed by atoms with Gasteiger partial charge < -0.3 is 10.6 Å². The van der Waals surface area contributed by atoms with Crippen LogP contribution in [0.3, 0.4) is 0 Å². The second kappa shape index (κ2) is 7.92. The highest BCUT2D eigenvalue weighted by Gasteiger charge is 2.37. The van der Waals surface area contributed by atoms with E-state index in [1.807, 2.05) is 13.8 Å². The third kappa shape index (κ3) is 3.82. The maximum absolute atomic E-state index is 15.1. The van der Waals surface area contributed by atoms with E-state index < -0.39 is 21.6 Å². The molecule has 35 heavy (non-hydrogen) atoms. The quantitative estimate of drug-likeness (QED) is 0.444. The van der Waals surface area contributed by atoms with Crippen molar-refractivity contribution in [1.29, 1.82) is 0 Å².